The van der Waals surface area contributed by atoms with Crippen LogP contribution in [0.1, 0.15) is 66.6 Å². The number of benzene rings is 10. The standard InChI is InChI=1S/C62H30N8O4/c63-27-39(28-64)55-45-13-5-7-15-47(45)57(41(31-67)32-68)51-25-37(17-21-49(51)55)61(71)73-53-23-19-35-9-1-3-11-43(35)59(53)60-44-12-4-2-10-36(44)20-24-54(60)74-62(72)38-18-22-50-52(26-38)58(42(33-69)34-70)48-16-8-6-14-46(48)56(50)40(29-65)30-66/h1-26,39-42H. The molecule has 0 amide bonds. The maximum Gasteiger partial charge on any atom is 0.343 e. The number of carbonyl (C=O) groups excluding carboxylic acids is 2. The maximum absolute atomic E-state index is 14.7. The molecule has 0 saturated heterocycles. The highest BCUT2D eigenvalue weighted by atomic mass is 16.5. The van der Waals surface area contributed by atoms with E-state index in [2.05, 4.69) is 48.6 Å². The summed E-state index contributed by atoms with van der Waals surface area (Å²) in [5.41, 5.74) is 2.21. The van der Waals surface area contributed by atoms with E-state index < -0.39 is 35.6 Å². The zero-order chi connectivity index (χ0) is 51.6. The largest absolute Gasteiger partial charge is 0.422 e. The SMILES string of the molecule is N#CC(C#N)c1c2ccccc2c(C(C#N)C#N)c2cc(C(=O)Oc3ccc4ccccc4c3-c3c(OC(=O)c4ccc5c(C(C#N)C#N)c6ccccc6c(C(C#N)C#N)c5c4)ccc4ccccc34)ccc12. The Morgan fingerprint density at radius 1 is 0.311 bits per heavy atom. The zero-order valence-electron chi connectivity index (χ0n) is 38.5. The van der Waals surface area contributed by atoms with Crippen molar-refractivity contribution in [3.05, 3.63) is 191 Å². The predicted octanol–water partition coefficient (Wildman–Crippen LogP) is 13.2. The average molecular weight is 951 g/mol. The summed E-state index contributed by atoms with van der Waals surface area (Å²) in [6.07, 6.45) is 0. The molecule has 0 unspecified atom stereocenters. The van der Waals surface area contributed by atoms with Gasteiger partial charge in [-0.3, -0.25) is 0 Å². The minimum Gasteiger partial charge on any atom is -0.422 e. The summed E-state index contributed by atoms with van der Waals surface area (Å²) in [6.45, 7) is 0. The van der Waals surface area contributed by atoms with Gasteiger partial charge in [-0.2, -0.15) is 42.1 Å². The Bertz CT molecular complexity index is 4130. The maximum atomic E-state index is 14.7. The van der Waals surface area contributed by atoms with Crippen LogP contribution in [0.2, 0.25) is 0 Å². The van der Waals surface area contributed by atoms with Gasteiger partial charge in [-0.05, 0) is 123 Å². The van der Waals surface area contributed by atoms with Crippen molar-refractivity contribution in [2.75, 3.05) is 0 Å². The van der Waals surface area contributed by atoms with Gasteiger partial charge in [-0.25, -0.2) is 9.59 Å². The smallest absolute Gasteiger partial charge is 0.343 e. The molecule has 0 aliphatic carbocycles. The van der Waals surface area contributed by atoms with E-state index in [0.29, 0.717) is 87.2 Å². The molecule has 0 fully saturated rings. The normalized spacial score (nSPS) is 10.9. The van der Waals surface area contributed by atoms with Crippen LogP contribution in [0.5, 0.6) is 11.5 Å². The number of fused-ring (bicyclic) bond motifs is 6. The summed E-state index contributed by atoms with van der Waals surface area (Å²) in [5, 5.41) is 87.5. The van der Waals surface area contributed by atoms with E-state index in [9.17, 15) is 51.7 Å². The molecule has 0 radical (unpaired) electrons. The molecule has 0 saturated carbocycles. The van der Waals surface area contributed by atoms with Gasteiger partial charge in [0.25, 0.3) is 0 Å². The Kier molecular flexibility index (Phi) is 12.0. The number of esters is 2. The first-order chi connectivity index (χ1) is 36.2. The van der Waals surface area contributed by atoms with E-state index >= 15 is 0 Å². The number of nitrogens with zero attached hydrogens (tertiary/aromatic N) is 8. The minimum absolute atomic E-state index is 0.0289. The van der Waals surface area contributed by atoms with Crippen molar-refractivity contribution in [2.45, 2.75) is 23.7 Å². The molecule has 342 valence electrons. The minimum atomic E-state index is -1.29. The van der Waals surface area contributed by atoms with Crippen molar-refractivity contribution in [2.24, 2.45) is 0 Å². The summed E-state index contributed by atoms with van der Waals surface area (Å²) in [5.74, 6) is -6.50. The van der Waals surface area contributed by atoms with Gasteiger partial charge in [-0.15, -0.1) is 0 Å². The molecular formula is C62H30N8O4. The van der Waals surface area contributed by atoms with Crippen molar-refractivity contribution >= 4 is 76.6 Å². The lowest BCUT2D eigenvalue weighted by atomic mass is 9.82. The quantitative estimate of drug-likeness (QED) is 0.0745. The van der Waals surface area contributed by atoms with Gasteiger partial charge in [0.05, 0.1) is 59.7 Å². The highest BCUT2D eigenvalue weighted by Crippen LogP contribution is 2.47. The zero-order valence-corrected chi connectivity index (χ0v) is 38.5. The van der Waals surface area contributed by atoms with Crippen LogP contribution in [0.3, 0.4) is 0 Å². The first-order valence-electron chi connectivity index (χ1n) is 22.8. The lowest BCUT2D eigenvalue weighted by Gasteiger charge is -2.20. The molecular weight excluding hydrogens is 921 g/mol. The van der Waals surface area contributed by atoms with Crippen LogP contribution >= 0.6 is 0 Å². The van der Waals surface area contributed by atoms with Crippen LogP contribution in [0.15, 0.2) is 158 Å². The van der Waals surface area contributed by atoms with Crippen LogP contribution in [0, 0.1) is 90.6 Å². The van der Waals surface area contributed by atoms with Gasteiger partial charge >= 0.3 is 11.9 Å². The third-order valence-corrected chi connectivity index (χ3v) is 13.3. The Labute approximate surface area is 421 Å². The lowest BCUT2D eigenvalue weighted by Crippen LogP contribution is -2.12. The molecule has 0 bridgehead atoms. The van der Waals surface area contributed by atoms with Gasteiger partial charge < -0.3 is 9.47 Å². The van der Waals surface area contributed by atoms with Crippen molar-refractivity contribution in [1.82, 2.24) is 0 Å². The molecule has 0 aromatic heterocycles. The molecule has 0 N–H and O–H groups in total. The van der Waals surface area contributed by atoms with E-state index in [0.717, 1.165) is 10.8 Å². The first kappa shape index (κ1) is 46.4. The van der Waals surface area contributed by atoms with Gasteiger partial charge in [0.2, 0.25) is 0 Å². The van der Waals surface area contributed by atoms with Crippen molar-refractivity contribution in [3.8, 4) is 71.2 Å². The average Bonchev–Trinajstić information content (AvgIpc) is 3.45. The molecule has 0 heterocycles. The van der Waals surface area contributed by atoms with Gasteiger partial charge in [0.15, 0.2) is 23.7 Å². The number of hydrogen-bond acceptors (Lipinski definition) is 12. The molecule has 0 aliphatic rings. The second-order valence-corrected chi connectivity index (χ2v) is 17.1. The number of rotatable bonds is 9. The Morgan fingerprint density at radius 3 is 0.892 bits per heavy atom. The van der Waals surface area contributed by atoms with Gasteiger partial charge in [0.1, 0.15) is 11.5 Å². The van der Waals surface area contributed by atoms with Crippen LogP contribution in [0.4, 0.5) is 0 Å². The Morgan fingerprint density at radius 2 is 0.581 bits per heavy atom. The summed E-state index contributed by atoms with van der Waals surface area (Å²) in [4.78, 5) is 29.4. The number of carbonyl (C=O) groups is 2. The highest BCUT2D eigenvalue weighted by molar-refractivity contribution is 6.14. The van der Waals surface area contributed by atoms with Crippen molar-refractivity contribution < 1.29 is 19.1 Å². The summed E-state index contributed by atoms with van der Waals surface area (Å²) >= 11 is 0. The van der Waals surface area contributed by atoms with E-state index in [1.807, 2.05) is 48.5 Å². The second kappa shape index (κ2) is 19.2. The molecule has 10 rings (SSSR count). The third-order valence-electron chi connectivity index (χ3n) is 13.3. The molecule has 74 heavy (non-hydrogen) atoms. The van der Waals surface area contributed by atoms with E-state index in [4.69, 9.17) is 9.47 Å². The van der Waals surface area contributed by atoms with Crippen molar-refractivity contribution in [3.63, 3.8) is 0 Å². The van der Waals surface area contributed by atoms with E-state index in [1.54, 1.807) is 84.9 Å². The molecule has 10 aromatic carbocycles. The molecule has 10 aromatic rings. The fourth-order valence-corrected chi connectivity index (χ4v) is 10.1. The van der Waals surface area contributed by atoms with Crippen LogP contribution in [-0.2, 0) is 0 Å². The number of ether oxygens (including phenoxy) is 2. The fourth-order valence-electron chi connectivity index (χ4n) is 10.1. The van der Waals surface area contributed by atoms with Crippen LogP contribution in [0.25, 0.3) is 75.8 Å². The van der Waals surface area contributed by atoms with E-state index in [1.165, 1.54) is 24.3 Å². The van der Waals surface area contributed by atoms with E-state index in [-0.39, 0.29) is 22.6 Å². The number of hydrogen-bond donors (Lipinski definition) is 0. The fraction of sp³-hybridized carbons (Fsp3) is 0.0645. The highest BCUT2D eigenvalue weighted by Gasteiger charge is 2.29. The van der Waals surface area contributed by atoms with Crippen molar-refractivity contribution in [1.29, 1.82) is 42.1 Å². The molecule has 12 nitrogen and oxygen atoms in total. The molecule has 12 heteroatoms. The van der Waals surface area contributed by atoms with Gasteiger partial charge in [0, 0.05) is 11.1 Å². The van der Waals surface area contributed by atoms with Gasteiger partial charge in [-0.1, -0.05) is 121 Å². The summed E-state index contributed by atoms with van der Waals surface area (Å²) < 4.78 is 12.7. The first-order valence-corrected chi connectivity index (χ1v) is 22.8. The van der Waals surface area contributed by atoms with Crippen LogP contribution < -0.4 is 9.47 Å². The summed E-state index contributed by atoms with van der Waals surface area (Å²) in [7, 11) is 0. The molecule has 0 spiro atoms. The third kappa shape index (κ3) is 7.58. The Balaban J connectivity index is 1.14. The monoisotopic (exact) mass is 950 g/mol. The lowest BCUT2D eigenvalue weighted by molar-refractivity contribution is 0.0723. The second-order valence-electron chi connectivity index (χ2n) is 17.1. The topological polar surface area (TPSA) is 243 Å². The molecule has 0 atom stereocenters. The Hall–Kier alpha value is -11.4. The van der Waals surface area contributed by atoms with Crippen LogP contribution in [-0.4, -0.2) is 11.9 Å². The predicted molar refractivity (Wildman–Crippen MR) is 276 cm³/mol. The summed E-state index contributed by atoms with van der Waals surface area (Å²) in [6, 6.07) is 61.0. The number of nitriles is 8. The molecule has 0 aliphatic heterocycles.